The fourth-order valence-corrected chi connectivity index (χ4v) is 3.77. The van der Waals surface area contributed by atoms with Crippen molar-refractivity contribution in [1.82, 2.24) is 10.3 Å². The number of nitrogens with one attached hydrogen (secondary N) is 2. The highest BCUT2D eigenvalue weighted by atomic mass is 32.2. The van der Waals surface area contributed by atoms with Crippen molar-refractivity contribution in [3.05, 3.63) is 54.1 Å². The van der Waals surface area contributed by atoms with Crippen LogP contribution in [0.1, 0.15) is 37.0 Å². The van der Waals surface area contributed by atoms with Gasteiger partial charge in [-0.1, -0.05) is 0 Å². The van der Waals surface area contributed by atoms with Crippen molar-refractivity contribution in [3.63, 3.8) is 0 Å². The van der Waals surface area contributed by atoms with Crippen LogP contribution >= 0.6 is 0 Å². The van der Waals surface area contributed by atoms with Gasteiger partial charge >= 0.3 is 0 Å². The van der Waals surface area contributed by atoms with Gasteiger partial charge in [0.1, 0.15) is 5.75 Å². The summed E-state index contributed by atoms with van der Waals surface area (Å²) in [6.07, 6.45) is 1.30. The second-order valence-corrected chi connectivity index (χ2v) is 8.58. The van der Waals surface area contributed by atoms with E-state index in [0.29, 0.717) is 24.4 Å². The highest BCUT2D eigenvalue weighted by Crippen LogP contribution is 2.22. The predicted octanol–water partition coefficient (Wildman–Crippen LogP) is 2.22. The summed E-state index contributed by atoms with van der Waals surface area (Å²) in [5.41, 5.74) is 3.13. The van der Waals surface area contributed by atoms with Gasteiger partial charge in [-0.3, -0.25) is 15.0 Å². The maximum atomic E-state index is 12.4. The summed E-state index contributed by atoms with van der Waals surface area (Å²) >= 11 is 0. The topological polar surface area (TPSA) is 105 Å². The lowest BCUT2D eigenvalue weighted by molar-refractivity contribution is -0.117. The molecular weight excluding hydrogens is 394 g/mol. The number of carbonyl (C=O) groups excluding carboxylic acids is 2. The molecule has 0 unspecified atom stereocenters. The Labute approximate surface area is 169 Å². The Kier molecular flexibility index (Phi) is 6.19. The van der Waals surface area contributed by atoms with Gasteiger partial charge in [-0.25, -0.2) is 8.42 Å². The Balaban J connectivity index is 1.62. The van der Waals surface area contributed by atoms with E-state index in [9.17, 15) is 18.0 Å². The first-order valence-corrected chi connectivity index (χ1v) is 10.7. The number of hydrogen-bond acceptors (Lipinski definition) is 5. The zero-order valence-corrected chi connectivity index (χ0v) is 17.0. The molecule has 0 aliphatic carbocycles. The zero-order chi connectivity index (χ0) is 21.0. The Hall–Kier alpha value is -2.91. The number of benzene rings is 2. The Bertz CT molecular complexity index is 986. The van der Waals surface area contributed by atoms with Crippen LogP contribution in [-0.4, -0.2) is 32.9 Å². The number of hydrazine groups is 1. The van der Waals surface area contributed by atoms with Gasteiger partial charge in [-0.15, -0.1) is 4.83 Å². The summed E-state index contributed by atoms with van der Waals surface area (Å²) in [6, 6.07) is 12.3. The molecule has 0 bridgehead atoms. The van der Waals surface area contributed by atoms with E-state index >= 15 is 0 Å². The molecule has 3 rings (SSSR count). The van der Waals surface area contributed by atoms with Crippen molar-refractivity contribution in [1.29, 1.82) is 0 Å². The molecule has 8 nitrogen and oxygen atoms in total. The lowest BCUT2D eigenvalue weighted by Crippen LogP contribution is -2.41. The number of nitrogens with zero attached hydrogens (tertiary/aromatic N) is 1. The highest BCUT2D eigenvalue weighted by molar-refractivity contribution is 7.89. The predicted molar refractivity (Wildman–Crippen MR) is 108 cm³/mol. The highest BCUT2D eigenvalue weighted by Gasteiger charge is 2.22. The fraction of sp³-hybridized carbons (Fsp3) is 0.300. The Morgan fingerprint density at radius 3 is 2.28 bits per heavy atom. The van der Waals surface area contributed by atoms with Crippen molar-refractivity contribution in [3.8, 4) is 5.75 Å². The first kappa shape index (κ1) is 20.8. The van der Waals surface area contributed by atoms with Crippen molar-refractivity contribution in [2.45, 2.75) is 37.7 Å². The lowest BCUT2D eigenvalue weighted by atomic mass is 10.2. The van der Waals surface area contributed by atoms with Crippen LogP contribution in [0.3, 0.4) is 0 Å². The molecule has 1 heterocycles. The van der Waals surface area contributed by atoms with Crippen LogP contribution in [0, 0.1) is 0 Å². The van der Waals surface area contributed by atoms with E-state index in [1.54, 1.807) is 41.3 Å². The summed E-state index contributed by atoms with van der Waals surface area (Å²) in [7, 11) is -3.95. The molecule has 0 aromatic heterocycles. The van der Waals surface area contributed by atoms with Gasteiger partial charge < -0.3 is 9.64 Å². The van der Waals surface area contributed by atoms with Crippen LogP contribution in [0.5, 0.6) is 5.75 Å². The molecule has 2 aromatic carbocycles. The number of hydrogen-bond donors (Lipinski definition) is 2. The molecule has 9 heteroatoms. The molecule has 1 fully saturated rings. The monoisotopic (exact) mass is 417 g/mol. The van der Waals surface area contributed by atoms with E-state index in [4.69, 9.17) is 4.74 Å². The summed E-state index contributed by atoms with van der Waals surface area (Å²) < 4.78 is 30.3. The number of carbonyl (C=O) groups is 2. The quantitative estimate of drug-likeness (QED) is 0.672. The number of rotatable bonds is 7. The summed E-state index contributed by atoms with van der Waals surface area (Å²) in [4.78, 5) is 27.7. The average molecular weight is 417 g/mol. The molecule has 2 N–H and O–H groups in total. The van der Waals surface area contributed by atoms with Crippen molar-refractivity contribution in [2.24, 2.45) is 0 Å². The van der Waals surface area contributed by atoms with Crippen LogP contribution in [0.2, 0.25) is 0 Å². The second-order valence-electron chi connectivity index (χ2n) is 6.89. The van der Waals surface area contributed by atoms with Gasteiger partial charge in [0, 0.05) is 24.2 Å². The van der Waals surface area contributed by atoms with Gasteiger partial charge in [0.15, 0.2) is 0 Å². The minimum atomic E-state index is -3.95. The van der Waals surface area contributed by atoms with E-state index in [-0.39, 0.29) is 22.5 Å². The molecular formula is C20H23N3O5S. The van der Waals surface area contributed by atoms with Crippen LogP contribution in [0.15, 0.2) is 53.4 Å². The van der Waals surface area contributed by atoms with Crippen molar-refractivity contribution in [2.75, 3.05) is 11.4 Å². The van der Waals surface area contributed by atoms with Gasteiger partial charge in [-0.2, -0.15) is 0 Å². The molecule has 0 saturated carbocycles. The van der Waals surface area contributed by atoms with Crippen molar-refractivity contribution >= 4 is 27.5 Å². The lowest BCUT2D eigenvalue weighted by Gasteiger charge is -2.16. The summed E-state index contributed by atoms with van der Waals surface area (Å²) in [5.74, 6) is 0.0495. The third-order valence-corrected chi connectivity index (χ3v) is 5.58. The molecule has 1 saturated heterocycles. The normalized spacial score (nSPS) is 14.3. The van der Waals surface area contributed by atoms with Crippen molar-refractivity contribution < 1.29 is 22.7 Å². The van der Waals surface area contributed by atoms with Crippen LogP contribution in [-0.2, 0) is 14.8 Å². The number of ether oxygens (including phenoxy) is 1. The molecule has 2 aromatic rings. The van der Waals surface area contributed by atoms with E-state index < -0.39 is 15.9 Å². The molecule has 29 heavy (non-hydrogen) atoms. The molecule has 1 aliphatic heterocycles. The Morgan fingerprint density at radius 2 is 1.72 bits per heavy atom. The summed E-state index contributed by atoms with van der Waals surface area (Å²) in [6.45, 7) is 4.41. The molecule has 1 aliphatic rings. The fourth-order valence-electron chi connectivity index (χ4n) is 2.93. The summed E-state index contributed by atoms with van der Waals surface area (Å²) in [5, 5.41) is 0. The SMILES string of the molecule is CC(C)Oc1ccc(C(=O)NNS(=O)(=O)c2ccc(N3CCCC3=O)cc2)cc1. The van der Waals surface area contributed by atoms with Gasteiger partial charge in [0.2, 0.25) is 5.91 Å². The third-order valence-electron chi connectivity index (χ3n) is 4.32. The molecule has 0 atom stereocenters. The largest absolute Gasteiger partial charge is 0.491 e. The van der Waals surface area contributed by atoms with E-state index in [2.05, 4.69) is 10.3 Å². The van der Waals surface area contributed by atoms with Gasteiger partial charge in [-0.05, 0) is 68.8 Å². The number of sulfonamides is 1. The molecule has 154 valence electrons. The maximum Gasteiger partial charge on any atom is 0.266 e. The number of amides is 2. The van der Waals surface area contributed by atoms with Gasteiger partial charge in [0.05, 0.1) is 11.0 Å². The molecule has 0 radical (unpaired) electrons. The van der Waals surface area contributed by atoms with E-state index in [0.717, 1.165) is 6.42 Å². The van der Waals surface area contributed by atoms with E-state index in [1.165, 1.54) is 12.1 Å². The third kappa shape index (κ3) is 5.12. The maximum absolute atomic E-state index is 12.4. The second kappa shape index (κ2) is 8.62. The number of anilines is 1. The minimum Gasteiger partial charge on any atom is -0.491 e. The first-order chi connectivity index (χ1) is 13.8. The van der Waals surface area contributed by atoms with E-state index in [1.807, 2.05) is 13.8 Å². The standard InChI is InChI=1S/C20H23N3O5S/c1-14(2)28-17-9-5-15(6-10-17)20(25)21-22-29(26,27)18-11-7-16(8-12-18)23-13-3-4-19(23)24/h5-12,14,22H,3-4,13H2,1-2H3,(H,21,25). The van der Waals surface area contributed by atoms with Crippen LogP contribution in [0.25, 0.3) is 0 Å². The van der Waals surface area contributed by atoms with Crippen LogP contribution < -0.4 is 19.9 Å². The first-order valence-electron chi connectivity index (χ1n) is 9.25. The minimum absolute atomic E-state index is 0.0106. The zero-order valence-electron chi connectivity index (χ0n) is 16.2. The smallest absolute Gasteiger partial charge is 0.266 e. The average Bonchev–Trinajstić information content (AvgIpc) is 3.12. The molecule has 0 spiro atoms. The van der Waals surface area contributed by atoms with Crippen LogP contribution in [0.4, 0.5) is 5.69 Å². The van der Waals surface area contributed by atoms with Gasteiger partial charge in [0.25, 0.3) is 15.9 Å². The Morgan fingerprint density at radius 1 is 1.07 bits per heavy atom. The molecule has 2 amide bonds.